The van der Waals surface area contributed by atoms with Gasteiger partial charge in [-0.2, -0.15) is 0 Å². The second-order valence-corrected chi connectivity index (χ2v) is 4.26. The first-order chi connectivity index (χ1) is 7.66. The molecule has 0 atom stereocenters. The molecule has 0 aliphatic carbocycles. The normalized spacial score (nSPS) is 17.9. The van der Waals surface area contributed by atoms with E-state index in [0.717, 1.165) is 17.3 Å². The first-order valence-corrected chi connectivity index (χ1v) is 5.48. The van der Waals surface area contributed by atoms with Crippen molar-refractivity contribution in [1.29, 1.82) is 0 Å². The Hall–Kier alpha value is -1.75. The summed E-state index contributed by atoms with van der Waals surface area (Å²) in [6.45, 7) is 0. The molecular formula is C11H9NO3S. The lowest BCUT2D eigenvalue weighted by Crippen LogP contribution is -2.17. The molecule has 2 rings (SSSR count). The summed E-state index contributed by atoms with van der Waals surface area (Å²) in [6, 6.07) is 6.89. The van der Waals surface area contributed by atoms with Crippen LogP contribution in [0.5, 0.6) is 5.75 Å². The number of benzene rings is 1. The average molecular weight is 235 g/mol. The third-order valence-electron chi connectivity index (χ3n) is 2.14. The Morgan fingerprint density at radius 3 is 2.69 bits per heavy atom. The Morgan fingerprint density at radius 2 is 2.06 bits per heavy atom. The molecule has 1 aromatic carbocycles. The smallest absolute Gasteiger partial charge is 0.290 e. The minimum atomic E-state index is -0.370. The van der Waals surface area contributed by atoms with Gasteiger partial charge >= 0.3 is 0 Å². The third kappa shape index (κ3) is 2.25. The van der Waals surface area contributed by atoms with Crippen LogP contribution >= 0.6 is 11.8 Å². The molecule has 2 amide bonds. The van der Waals surface area contributed by atoms with E-state index in [4.69, 9.17) is 0 Å². The van der Waals surface area contributed by atoms with Gasteiger partial charge in [0.1, 0.15) is 5.75 Å². The number of hydrogen-bond acceptors (Lipinski definition) is 4. The van der Waals surface area contributed by atoms with E-state index in [9.17, 15) is 14.7 Å². The van der Waals surface area contributed by atoms with Crippen molar-refractivity contribution in [3.05, 3.63) is 40.8 Å². The van der Waals surface area contributed by atoms with Crippen LogP contribution in [0.2, 0.25) is 0 Å². The van der Waals surface area contributed by atoms with Crippen molar-refractivity contribution in [2.75, 3.05) is 0 Å². The van der Waals surface area contributed by atoms with Gasteiger partial charge in [-0.15, -0.1) is 0 Å². The van der Waals surface area contributed by atoms with Gasteiger partial charge in [-0.1, -0.05) is 24.3 Å². The van der Waals surface area contributed by atoms with E-state index >= 15 is 0 Å². The molecule has 0 saturated carbocycles. The highest BCUT2D eigenvalue weighted by molar-refractivity contribution is 8.18. The zero-order valence-corrected chi connectivity index (χ0v) is 9.08. The highest BCUT2D eigenvalue weighted by atomic mass is 32.2. The Labute approximate surface area is 96.4 Å². The molecule has 0 spiro atoms. The molecule has 1 fully saturated rings. The molecule has 1 heterocycles. The number of aromatic hydroxyl groups is 1. The van der Waals surface area contributed by atoms with E-state index in [1.807, 2.05) is 0 Å². The third-order valence-corrected chi connectivity index (χ3v) is 3.00. The molecule has 4 nitrogen and oxygen atoms in total. The van der Waals surface area contributed by atoms with Crippen LogP contribution in [-0.2, 0) is 11.2 Å². The summed E-state index contributed by atoms with van der Waals surface area (Å²) >= 11 is 0.879. The molecule has 5 heteroatoms. The van der Waals surface area contributed by atoms with Crippen LogP contribution in [0.1, 0.15) is 5.56 Å². The number of imide groups is 1. The Kier molecular flexibility index (Phi) is 2.96. The number of hydrogen-bond donors (Lipinski definition) is 2. The summed E-state index contributed by atoms with van der Waals surface area (Å²) in [4.78, 5) is 22.5. The molecule has 1 aromatic rings. The van der Waals surface area contributed by atoms with E-state index < -0.39 is 0 Å². The maximum atomic E-state index is 11.2. The van der Waals surface area contributed by atoms with E-state index in [1.165, 1.54) is 0 Å². The van der Waals surface area contributed by atoms with Crippen LogP contribution in [0.4, 0.5) is 4.79 Å². The number of allylic oxidation sites excluding steroid dienone is 1. The Bertz CT molecular complexity index is 482. The van der Waals surface area contributed by atoms with Gasteiger partial charge in [-0.25, -0.2) is 0 Å². The number of carbonyl (C=O) groups is 2. The monoisotopic (exact) mass is 235 g/mol. The largest absolute Gasteiger partial charge is 0.508 e. The lowest BCUT2D eigenvalue weighted by Gasteiger charge is -1.99. The first-order valence-electron chi connectivity index (χ1n) is 4.67. The van der Waals surface area contributed by atoms with Crippen molar-refractivity contribution in [3.63, 3.8) is 0 Å². The maximum Gasteiger partial charge on any atom is 0.290 e. The number of phenols is 1. The lowest BCUT2D eigenvalue weighted by atomic mass is 10.1. The van der Waals surface area contributed by atoms with Gasteiger partial charge in [0.15, 0.2) is 0 Å². The van der Waals surface area contributed by atoms with Crippen molar-refractivity contribution in [2.24, 2.45) is 0 Å². The molecule has 1 aliphatic heterocycles. The van der Waals surface area contributed by atoms with E-state index in [1.54, 1.807) is 30.3 Å². The van der Waals surface area contributed by atoms with Crippen molar-refractivity contribution >= 4 is 22.9 Å². The minimum absolute atomic E-state index is 0.189. The Balaban J connectivity index is 2.13. The van der Waals surface area contributed by atoms with Gasteiger partial charge in [-0.05, 0) is 29.8 Å². The molecule has 1 saturated heterocycles. The highest BCUT2D eigenvalue weighted by Crippen LogP contribution is 2.24. The molecule has 2 N–H and O–H groups in total. The SMILES string of the molecule is O=C1NC(=O)/C(=C/Cc2ccccc2O)S1. The van der Waals surface area contributed by atoms with E-state index in [-0.39, 0.29) is 16.9 Å². The predicted octanol–water partition coefficient (Wildman–Crippen LogP) is 1.80. The second kappa shape index (κ2) is 4.40. The van der Waals surface area contributed by atoms with Crippen LogP contribution in [-0.4, -0.2) is 16.3 Å². The molecule has 0 unspecified atom stereocenters. The summed E-state index contributed by atoms with van der Waals surface area (Å²) in [5.41, 5.74) is 0.725. The van der Waals surface area contributed by atoms with Crippen molar-refractivity contribution < 1.29 is 14.7 Å². The molecule has 0 radical (unpaired) electrons. The highest BCUT2D eigenvalue weighted by Gasteiger charge is 2.24. The van der Waals surface area contributed by atoms with Gasteiger partial charge in [0, 0.05) is 0 Å². The standard InChI is InChI=1S/C11H9NO3S/c13-8-4-2-1-3-7(8)5-6-9-10(14)12-11(15)16-9/h1-4,6,13H,5H2,(H,12,14,15)/b9-6-. The predicted molar refractivity (Wildman–Crippen MR) is 61.0 cm³/mol. The maximum absolute atomic E-state index is 11.2. The van der Waals surface area contributed by atoms with Gasteiger partial charge in [0.05, 0.1) is 4.91 Å². The number of para-hydroxylation sites is 1. The van der Waals surface area contributed by atoms with Gasteiger partial charge < -0.3 is 5.11 Å². The average Bonchev–Trinajstić information content (AvgIpc) is 2.56. The van der Waals surface area contributed by atoms with Crippen LogP contribution in [0.15, 0.2) is 35.2 Å². The van der Waals surface area contributed by atoms with E-state index in [0.29, 0.717) is 11.3 Å². The number of amides is 2. The summed E-state index contributed by atoms with van der Waals surface area (Å²) in [5.74, 6) is -0.181. The number of carbonyl (C=O) groups excluding carboxylic acids is 2. The molecule has 1 aliphatic rings. The van der Waals surface area contributed by atoms with Crippen molar-refractivity contribution in [3.8, 4) is 5.75 Å². The van der Waals surface area contributed by atoms with Gasteiger partial charge in [-0.3, -0.25) is 14.9 Å². The van der Waals surface area contributed by atoms with Gasteiger partial charge in [0.2, 0.25) is 0 Å². The molecule has 0 bridgehead atoms. The molecule has 0 aromatic heterocycles. The zero-order valence-electron chi connectivity index (χ0n) is 8.27. The Morgan fingerprint density at radius 1 is 1.31 bits per heavy atom. The van der Waals surface area contributed by atoms with Crippen LogP contribution in [0.25, 0.3) is 0 Å². The van der Waals surface area contributed by atoms with Crippen LogP contribution in [0, 0.1) is 0 Å². The zero-order chi connectivity index (χ0) is 11.5. The molecular weight excluding hydrogens is 226 g/mol. The number of rotatable bonds is 2. The first kappa shape index (κ1) is 10.8. The fourth-order valence-corrected chi connectivity index (χ4v) is 2.00. The van der Waals surface area contributed by atoms with Crippen LogP contribution in [0.3, 0.4) is 0 Å². The molecule has 16 heavy (non-hydrogen) atoms. The quantitative estimate of drug-likeness (QED) is 0.767. The van der Waals surface area contributed by atoms with Gasteiger partial charge in [0.25, 0.3) is 11.1 Å². The summed E-state index contributed by atoms with van der Waals surface area (Å²) in [6.07, 6.45) is 2.07. The number of thioether (sulfide) groups is 1. The number of nitrogens with one attached hydrogen (secondary N) is 1. The number of phenolic OH excluding ortho intramolecular Hbond substituents is 1. The molecule has 82 valence electrons. The topological polar surface area (TPSA) is 66.4 Å². The van der Waals surface area contributed by atoms with E-state index in [2.05, 4.69) is 5.32 Å². The lowest BCUT2D eigenvalue weighted by molar-refractivity contribution is -0.115. The van der Waals surface area contributed by atoms with Crippen LogP contribution < -0.4 is 5.32 Å². The summed E-state index contributed by atoms with van der Waals surface area (Å²) in [5, 5.41) is 11.3. The second-order valence-electron chi connectivity index (χ2n) is 3.24. The van der Waals surface area contributed by atoms with Crippen molar-refractivity contribution in [1.82, 2.24) is 5.32 Å². The fraction of sp³-hybridized carbons (Fsp3) is 0.0909. The minimum Gasteiger partial charge on any atom is -0.508 e. The van der Waals surface area contributed by atoms with Crippen molar-refractivity contribution in [2.45, 2.75) is 6.42 Å². The summed E-state index contributed by atoms with van der Waals surface area (Å²) in [7, 11) is 0. The summed E-state index contributed by atoms with van der Waals surface area (Å²) < 4.78 is 0. The fourth-order valence-electron chi connectivity index (χ4n) is 1.35.